The SMILES string of the molecule is CC(C(=O)CCCF)c1ccc(OC2CCN(c3ccc(OCC4CC4(F)F)cn3)C2)cc1. The van der Waals surface area contributed by atoms with Crippen LogP contribution in [0.3, 0.4) is 0 Å². The molecule has 4 rings (SSSR count). The first-order valence-electron chi connectivity index (χ1n) is 11.4. The molecule has 33 heavy (non-hydrogen) atoms. The third kappa shape index (κ3) is 5.97. The lowest BCUT2D eigenvalue weighted by atomic mass is 9.94. The number of anilines is 1. The minimum atomic E-state index is -2.58. The molecule has 2 aromatic rings. The molecule has 3 atom stereocenters. The number of rotatable bonds is 11. The predicted molar refractivity (Wildman–Crippen MR) is 119 cm³/mol. The second-order valence-corrected chi connectivity index (χ2v) is 8.85. The molecule has 5 nitrogen and oxygen atoms in total. The van der Waals surface area contributed by atoms with Crippen molar-refractivity contribution in [3.8, 4) is 11.5 Å². The summed E-state index contributed by atoms with van der Waals surface area (Å²) in [5, 5.41) is 0. The Morgan fingerprint density at radius 2 is 1.94 bits per heavy atom. The van der Waals surface area contributed by atoms with Crippen molar-refractivity contribution in [2.75, 3.05) is 31.3 Å². The van der Waals surface area contributed by atoms with Crippen LogP contribution in [-0.2, 0) is 4.79 Å². The summed E-state index contributed by atoms with van der Waals surface area (Å²) in [5.41, 5.74) is 0.899. The summed E-state index contributed by atoms with van der Waals surface area (Å²) in [6.45, 7) is 2.86. The highest BCUT2D eigenvalue weighted by atomic mass is 19.3. The van der Waals surface area contributed by atoms with Crippen LogP contribution in [0.25, 0.3) is 0 Å². The summed E-state index contributed by atoms with van der Waals surface area (Å²) in [4.78, 5) is 18.6. The van der Waals surface area contributed by atoms with Crippen LogP contribution in [-0.4, -0.2) is 49.2 Å². The third-order valence-electron chi connectivity index (χ3n) is 6.32. The fourth-order valence-electron chi connectivity index (χ4n) is 4.00. The van der Waals surface area contributed by atoms with Crippen LogP contribution in [0.1, 0.15) is 44.1 Å². The lowest BCUT2D eigenvalue weighted by molar-refractivity contribution is -0.120. The van der Waals surface area contributed by atoms with Crippen LogP contribution in [0.4, 0.5) is 19.0 Å². The average Bonchev–Trinajstić information content (AvgIpc) is 3.19. The number of halogens is 3. The molecule has 2 aliphatic rings. The number of alkyl halides is 3. The second kappa shape index (κ2) is 10.0. The molecular formula is C25H29F3N2O3. The van der Waals surface area contributed by atoms with Gasteiger partial charge in [-0.15, -0.1) is 0 Å². The van der Waals surface area contributed by atoms with Gasteiger partial charge in [0.1, 0.15) is 29.2 Å². The summed E-state index contributed by atoms with van der Waals surface area (Å²) in [6.07, 6.45) is 2.84. The Morgan fingerprint density at radius 1 is 1.21 bits per heavy atom. The van der Waals surface area contributed by atoms with Gasteiger partial charge in [0.15, 0.2) is 0 Å². The van der Waals surface area contributed by atoms with Gasteiger partial charge in [0.2, 0.25) is 0 Å². The molecule has 1 saturated heterocycles. The lowest BCUT2D eigenvalue weighted by Gasteiger charge is -2.19. The van der Waals surface area contributed by atoms with Gasteiger partial charge in [-0.2, -0.15) is 0 Å². The number of nitrogens with zero attached hydrogens (tertiary/aromatic N) is 2. The molecule has 0 radical (unpaired) electrons. The monoisotopic (exact) mass is 462 g/mol. The number of Topliss-reactive ketones (excluding diaryl/α,β-unsaturated/α-hetero) is 1. The van der Waals surface area contributed by atoms with E-state index >= 15 is 0 Å². The van der Waals surface area contributed by atoms with E-state index in [2.05, 4.69) is 9.88 Å². The van der Waals surface area contributed by atoms with E-state index in [1.165, 1.54) is 0 Å². The van der Waals surface area contributed by atoms with Gasteiger partial charge in [0.25, 0.3) is 5.92 Å². The summed E-state index contributed by atoms with van der Waals surface area (Å²) in [7, 11) is 0. The summed E-state index contributed by atoms with van der Waals surface area (Å²) in [5.74, 6) is -1.46. The van der Waals surface area contributed by atoms with Crippen LogP contribution < -0.4 is 14.4 Å². The Kier molecular flexibility index (Phi) is 7.10. The standard InChI is InChI=1S/C25H29F3N2O3/c1-17(23(31)3-2-11-26)18-4-6-20(7-5-18)33-22-10-12-30(15-22)24-9-8-21(14-29-24)32-16-19-13-25(19,27)28/h4-9,14,17,19,22H,2-3,10-13,15-16H2,1H3. The molecule has 0 spiro atoms. The van der Waals surface area contributed by atoms with Crippen LogP contribution >= 0.6 is 0 Å². The zero-order valence-electron chi connectivity index (χ0n) is 18.7. The fourth-order valence-corrected chi connectivity index (χ4v) is 4.00. The Bertz CT molecular complexity index is 937. The zero-order valence-corrected chi connectivity index (χ0v) is 18.7. The van der Waals surface area contributed by atoms with Gasteiger partial charge >= 0.3 is 0 Å². The number of benzene rings is 1. The Hall–Kier alpha value is -2.77. The first-order chi connectivity index (χ1) is 15.9. The van der Waals surface area contributed by atoms with Gasteiger partial charge in [-0.05, 0) is 36.2 Å². The van der Waals surface area contributed by atoms with Crippen molar-refractivity contribution in [3.05, 3.63) is 48.2 Å². The lowest BCUT2D eigenvalue weighted by Crippen LogP contribution is -2.25. The van der Waals surface area contributed by atoms with E-state index in [1.54, 1.807) is 12.3 Å². The number of ketones is 1. The number of carbonyl (C=O) groups is 1. The maximum atomic E-state index is 12.9. The van der Waals surface area contributed by atoms with Crippen LogP contribution in [0, 0.1) is 5.92 Å². The van der Waals surface area contributed by atoms with Gasteiger partial charge in [-0.1, -0.05) is 19.1 Å². The minimum absolute atomic E-state index is 0.00860. The molecule has 0 N–H and O–H groups in total. The summed E-state index contributed by atoms with van der Waals surface area (Å²) < 4.78 is 49.7. The molecule has 1 aromatic heterocycles. The fraction of sp³-hybridized carbons (Fsp3) is 0.520. The van der Waals surface area contributed by atoms with Crippen molar-refractivity contribution >= 4 is 11.6 Å². The Morgan fingerprint density at radius 3 is 2.58 bits per heavy atom. The number of hydrogen-bond donors (Lipinski definition) is 0. The Labute approximate surface area is 191 Å². The molecule has 1 saturated carbocycles. The number of ether oxygens (including phenoxy) is 2. The van der Waals surface area contributed by atoms with E-state index in [1.807, 2.05) is 37.3 Å². The molecule has 1 aliphatic heterocycles. The molecule has 0 amide bonds. The topological polar surface area (TPSA) is 51.7 Å². The number of carbonyl (C=O) groups excluding carboxylic acids is 1. The molecule has 178 valence electrons. The van der Waals surface area contributed by atoms with E-state index < -0.39 is 18.5 Å². The number of aromatic nitrogens is 1. The smallest absolute Gasteiger partial charge is 0.255 e. The normalized spacial score (nSPS) is 22.1. The first-order valence-corrected chi connectivity index (χ1v) is 11.4. The predicted octanol–water partition coefficient (Wildman–Crippen LogP) is 5.20. The van der Waals surface area contributed by atoms with Gasteiger partial charge in [0, 0.05) is 31.7 Å². The maximum absolute atomic E-state index is 12.9. The summed E-state index contributed by atoms with van der Waals surface area (Å²) >= 11 is 0. The highest BCUT2D eigenvalue weighted by molar-refractivity contribution is 5.85. The van der Waals surface area contributed by atoms with Crippen molar-refractivity contribution in [3.63, 3.8) is 0 Å². The van der Waals surface area contributed by atoms with E-state index in [0.29, 0.717) is 12.3 Å². The van der Waals surface area contributed by atoms with Crippen molar-refractivity contribution < 1.29 is 27.4 Å². The number of hydrogen-bond acceptors (Lipinski definition) is 5. The van der Waals surface area contributed by atoms with Gasteiger partial charge in [0.05, 0.1) is 31.9 Å². The van der Waals surface area contributed by atoms with Gasteiger partial charge < -0.3 is 14.4 Å². The quantitative estimate of drug-likeness (QED) is 0.460. The van der Waals surface area contributed by atoms with Gasteiger partial charge in [-0.3, -0.25) is 9.18 Å². The minimum Gasteiger partial charge on any atom is -0.491 e. The molecular weight excluding hydrogens is 433 g/mol. The van der Waals surface area contributed by atoms with Crippen molar-refractivity contribution in [1.29, 1.82) is 0 Å². The molecule has 0 bridgehead atoms. The van der Waals surface area contributed by atoms with Gasteiger partial charge in [-0.25, -0.2) is 13.8 Å². The molecule has 2 fully saturated rings. The molecule has 3 unspecified atom stereocenters. The van der Waals surface area contributed by atoms with Crippen LogP contribution in [0.2, 0.25) is 0 Å². The van der Waals surface area contributed by atoms with Crippen LogP contribution in [0.5, 0.6) is 11.5 Å². The largest absolute Gasteiger partial charge is 0.491 e. The highest BCUT2D eigenvalue weighted by Gasteiger charge is 2.57. The van der Waals surface area contributed by atoms with E-state index in [4.69, 9.17) is 9.47 Å². The molecule has 2 heterocycles. The van der Waals surface area contributed by atoms with E-state index in [0.717, 1.165) is 30.1 Å². The molecule has 1 aliphatic carbocycles. The second-order valence-electron chi connectivity index (χ2n) is 8.85. The average molecular weight is 463 g/mol. The first kappa shape index (κ1) is 23.4. The third-order valence-corrected chi connectivity index (χ3v) is 6.32. The van der Waals surface area contributed by atoms with E-state index in [9.17, 15) is 18.0 Å². The highest BCUT2D eigenvalue weighted by Crippen LogP contribution is 2.48. The maximum Gasteiger partial charge on any atom is 0.255 e. The molecule has 8 heteroatoms. The van der Waals surface area contributed by atoms with Crippen molar-refractivity contribution in [1.82, 2.24) is 4.98 Å². The zero-order chi connectivity index (χ0) is 23.4. The molecule has 1 aromatic carbocycles. The van der Waals surface area contributed by atoms with Crippen molar-refractivity contribution in [2.24, 2.45) is 5.92 Å². The van der Waals surface area contributed by atoms with Crippen molar-refractivity contribution in [2.45, 2.75) is 50.6 Å². The Balaban J connectivity index is 1.25. The van der Waals surface area contributed by atoms with Crippen LogP contribution in [0.15, 0.2) is 42.6 Å². The number of pyridine rings is 1. The summed E-state index contributed by atoms with van der Waals surface area (Å²) in [6, 6.07) is 11.1. The van der Waals surface area contributed by atoms with E-state index in [-0.39, 0.29) is 43.7 Å².